The zero-order chi connectivity index (χ0) is 17.0. The Kier molecular flexibility index (Phi) is 3.66. The van der Waals surface area contributed by atoms with Gasteiger partial charge in [0, 0.05) is 22.2 Å². The lowest BCUT2D eigenvalue weighted by Crippen LogP contribution is -2.56. The third-order valence-electron chi connectivity index (χ3n) is 3.50. The van der Waals surface area contributed by atoms with Gasteiger partial charge in [0.2, 0.25) is 0 Å². The van der Waals surface area contributed by atoms with Gasteiger partial charge in [-0.3, -0.25) is 4.79 Å². The maximum absolute atomic E-state index is 13.2. The topological polar surface area (TPSA) is 52.9 Å². The first-order valence-electron chi connectivity index (χ1n) is 6.50. The van der Waals surface area contributed by atoms with Crippen molar-refractivity contribution in [1.29, 1.82) is 0 Å². The van der Waals surface area contributed by atoms with Crippen LogP contribution in [0.1, 0.15) is 23.0 Å². The van der Waals surface area contributed by atoms with E-state index in [1.54, 1.807) is 24.3 Å². The number of thiophene rings is 1. The molecule has 0 spiro atoms. The van der Waals surface area contributed by atoms with Crippen LogP contribution in [-0.4, -0.2) is 33.6 Å². The lowest BCUT2D eigenvalue weighted by atomic mass is 10.1. The van der Waals surface area contributed by atoms with Gasteiger partial charge in [-0.05, 0) is 13.0 Å². The largest absolute Gasteiger partial charge is 0.438 e. The Morgan fingerprint density at radius 3 is 2.70 bits per heavy atom. The van der Waals surface area contributed by atoms with E-state index in [4.69, 9.17) is 11.6 Å². The van der Waals surface area contributed by atoms with E-state index in [9.17, 15) is 23.1 Å². The number of amides is 1. The van der Waals surface area contributed by atoms with Crippen LogP contribution < -0.4 is 0 Å². The van der Waals surface area contributed by atoms with Crippen molar-refractivity contribution in [2.24, 2.45) is 5.10 Å². The fraction of sp³-hybridized carbons (Fsp3) is 0.286. The number of fused-ring (bicyclic) bond motifs is 1. The summed E-state index contributed by atoms with van der Waals surface area (Å²) in [5.74, 6) is -1.08. The van der Waals surface area contributed by atoms with Crippen LogP contribution >= 0.6 is 22.9 Å². The Bertz CT molecular complexity index is 833. The van der Waals surface area contributed by atoms with Crippen molar-refractivity contribution in [3.8, 4) is 0 Å². The monoisotopic (exact) mass is 362 g/mol. The first kappa shape index (κ1) is 16.2. The standard InChI is InChI=1S/C14H10ClF3N2O2S/c1-7-6-13(22,14(16,17)18)20(19-7)12(21)11-10(15)8-4-2-3-5-9(8)23-11/h2-5,22H,6H2,1H3/t13-/m0/s1. The summed E-state index contributed by atoms with van der Waals surface area (Å²) < 4.78 is 40.3. The molecule has 0 aliphatic carbocycles. The zero-order valence-electron chi connectivity index (χ0n) is 11.7. The van der Waals surface area contributed by atoms with Crippen molar-refractivity contribution in [3.63, 3.8) is 0 Å². The quantitative estimate of drug-likeness (QED) is 0.832. The van der Waals surface area contributed by atoms with E-state index in [1.165, 1.54) is 6.92 Å². The lowest BCUT2D eigenvalue weighted by molar-refractivity contribution is -0.297. The first-order valence-corrected chi connectivity index (χ1v) is 7.69. The minimum absolute atomic E-state index is 0.00964. The van der Waals surface area contributed by atoms with Gasteiger partial charge in [-0.2, -0.15) is 23.3 Å². The molecule has 0 radical (unpaired) electrons. The van der Waals surface area contributed by atoms with Gasteiger partial charge in [0.05, 0.1) is 5.02 Å². The maximum Gasteiger partial charge on any atom is 0.438 e. The molecule has 0 fully saturated rings. The molecule has 0 saturated carbocycles. The van der Waals surface area contributed by atoms with Crippen LogP contribution in [-0.2, 0) is 0 Å². The fourth-order valence-corrected chi connectivity index (χ4v) is 3.84. The van der Waals surface area contributed by atoms with Crippen LogP contribution in [0.2, 0.25) is 5.02 Å². The van der Waals surface area contributed by atoms with E-state index in [2.05, 4.69) is 5.10 Å². The number of halogens is 4. The van der Waals surface area contributed by atoms with Crippen LogP contribution in [0.15, 0.2) is 29.4 Å². The molecule has 1 aromatic heterocycles. The van der Waals surface area contributed by atoms with E-state index in [-0.39, 0.29) is 20.6 Å². The molecule has 23 heavy (non-hydrogen) atoms. The van der Waals surface area contributed by atoms with Crippen molar-refractivity contribution in [2.45, 2.75) is 25.2 Å². The van der Waals surface area contributed by atoms with Crippen LogP contribution in [0.5, 0.6) is 0 Å². The molecule has 2 heterocycles. The molecule has 3 rings (SSSR count). The molecule has 9 heteroatoms. The summed E-state index contributed by atoms with van der Waals surface area (Å²) in [7, 11) is 0. The summed E-state index contributed by atoms with van der Waals surface area (Å²) in [5.41, 5.74) is -3.34. The zero-order valence-corrected chi connectivity index (χ0v) is 13.3. The highest BCUT2D eigenvalue weighted by Crippen LogP contribution is 2.43. The average Bonchev–Trinajstić information content (AvgIpc) is 2.96. The van der Waals surface area contributed by atoms with Crippen molar-refractivity contribution < 1.29 is 23.1 Å². The molecule has 1 N–H and O–H groups in total. The van der Waals surface area contributed by atoms with Crippen LogP contribution in [0, 0.1) is 0 Å². The third-order valence-corrected chi connectivity index (χ3v) is 5.16. The van der Waals surface area contributed by atoms with Crippen molar-refractivity contribution >= 4 is 44.6 Å². The number of carbonyl (C=O) groups is 1. The van der Waals surface area contributed by atoms with Gasteiger partial charge >= 0.3 is 6.18 Å². The Morgan fingerprint density at radius 2 is 2.09 bits per heavy atom. The second-order valence-corrected chi connectivity index (χ2v) is 6.61. The number of carbonyl (C=O) groups excluding carboxylic acids is 1. The van der Waals surface area contributed by atoms with E-state index in [1.807, 2.05) is 0 Å². The summed E-state index contributed by atoms with van der Waals surface area (Å²) in [6.07, 6.45) is -5.82. The summed E-state index contributed by atoms with van der Waals surface area (Å²) >= 11 is 7.09. The minimum atomic E-state index is -5.03. The Labute approximate surface area is 137 Å². The number of nitrogens with zero attached hydrogens (tertiary/aromatic N) is 2. The molecule has 0 unspecified atom stereocenters. The number of aliphatic hydroxyl groups is 1. The third kappa shape index (κ3) is 2.41. The van der Waals surface area contributed by atoms with Gasteiger partial charge in [-0.1, -0.05) is 29.8 Å². The van der Waals surface area contributed by atoms with E-state index >= 15 is 0 Å². The second kappa shape index (κ2) is 5.19. The van der Waals surface area contributed by atoms with Gasteiger partial charge in [0.25, 0.3) is 11.6 Å². The van der Waals surface area contributed by atoms with Gasteiger partial charge in [-0.25, -0.2) is 0 Å². The van der Waals surface area contributed by atoms with E-state index in [0.29, 0.717) is 10.1 Å². The molecule has 1 atom stereocenters. The summed E-state index contributed by atoms with van der Waals surface area (Å²) in [5, 5.41) is 14.3. The molecule has 0 saturated heterocycles. The molecule has 4 nitrogen and oxygen atoms in total. The van der Waals surface area contributed by atoms with Crippen molar-refractivity contribution in [2.75, 3.05) is 0 Å². The second-order valence-electron chi connectivity index (χ2n) is 5.18. The molecule has 1 aliphatic heterocycles. The van der Waals surface area contributed by atoms with Crippen LogP contribution in [0.3, 0.4) is 0 Å². The highest BCUT2D eigenvalue weighted by atomic mass is 35.5. The molecule has 1 aliphatic rings. The van der Waals surface area contributed by atoms with Crippen LogP contribution in [0.25, 0.3) is 10.1 Å². The Morgan fingerprint density at radius 1 is 1.43 bits per heavy atom. The average molecular weight is 363 g/mol. The fourth-order valence-electron chi connectivity index (χ4n) is 2.40. The molecule has 122 valence electrons. The maximum atomic E-state index is 13.2. The summed E-state index contributed by atoms with van der Waals surface area (Å²) in [6.45, 7) is 1.32. The Hall–Kier alpha value is -1.64. The van der Waals surface area contributed by atoms with Gasteiger partial charge in [-0.15, -0.1) is 11.3 Å². The summed E-state index contributed by atoms with van der Waals surface area (Å²) in [4.78, 5) is 12.4. The smallest absolute Gasteiger partial charge is 0.362 e. The Balaban J connectivity index is 2.09. The number of rotatable bonds is 1. The van der Waals surface area contributed by atoms with Crippen LogP contribution in [0.4, 0.5) is 13.2 Å². The van der Waals surface area contributed by atoms with Crippen molar-refractivity contribution in [1.82, 2.24) is 5.01 Å². The molecule has 0 bridgehead atoms. The summed E-state index contributed by atoms with van der Waals surface area (Å²) in [6, 6.07) is 6.81. The highest BCUT2D eigenvalue weighted by Gasteiger charge is 2.63. The lowest BCUT2D eigenvalue weighted by Gasteiger charge is -2.32. The molecular formula is C14H10ClF3N2O2S. The van der Waals surface area contributed by atoms with Gasteiger partial charge in [0.15, 0.2) is 0 Å². The predicted molar refractivity (Wildman–Crippen MR) is 81.7 cm³/mol. The number of hydrogen-bond donors (Lipinski definition) is 1. The molecule has 1 aromatic carbocycles. The SMILES string of the molecule is CC1=NN(C(=O)c2sc3ccccc3c2Cl)[C@@](O)(C(F)(F)F)C1. The predicted octanol–water partition coefficient (Wildman–Crippen LogP) is 4.03. The van der Waals surface area contributed by atoms with E-state index in [0.717, 1.165) is 11.3 Å². The first-order chi connectivity index (χ1) is 10.6. The number of benzene rings is 1. The van der Waals surface area contributed by atoms with Crippen molar-refractivity contribution in [3.05, 3.63) is 34.2 Å². The number of hydrazone groups is 1. The van der Waals surface area contributed by atoms with Gasteiger partial charge in [0.1, 0.15) is 4.88 Å². The number of hydrogen-bond acceptors (Lipinski definition) is 4. The normalized spacial score (nSPS) is 21.8. The highest BCUT2D eigenvalue weighted by molar-refractivity contribution is 7.21. The van der Waals surface area contributed by atoms with Gasteiger partial charge < -0.3 is 5.11 Å². The molecule has 1 amide bonds. The molecular weight excluding hydrogens is 353 g/mol. The van der Waals surface area contributed by atoms with E-state index < -0.39 is 24.2 Å². The number of alkyl halides is 3. The minimum Gasteiger partial charge on any atom is -0.362 e. The molecule has 2 aromatic rings.